The minimum absolute atomic E-state index is 0.0233. The highest BCUT2D eigenvalue weighted by molar-refractivity contribution is 6.35. The number of ketones is 1. The van der Waals surface area contributed by atoms with Crippen molar-refractivity contribution in [2.75, 3.05) is 25.0 Å². The molecule has 0 aliphatic carbocycles. The molecule has 2 atom stereocenters. The van der Waals surface area contributed by atoms with E-state index in [0.717, 1.165) is 25.8 Å². The molecule has 4 aromatic rings. The molecule has 2 aliphatic heterocycles. The monoisotopic (exact) mass is 531 g/mol. The molecule has 6 rings (SSSR count). The summed E-state index contributed by atoms with van der Waals surface area (Å²) >= 11 is 6.53. The lowest BCUT2D eigenvalue weighted by molar-refractivity contribution is -0.135. The van der Waals surface area contributed by atoms with Crippen LogP contribution in [0.2, 0.25) is 5.02 Å². The van der Waals surface area contributed by atoms with Crippen LogP contribution in [0.3, 0.4) is 0 Å². The van der Waals surface area contributed by atoms with Crippen molar-refractivity contribution in [2.24, 2.45) is 0 Å². The van der Waals surface area contributed by atoms with Crippen molar-refractivity contribution in [3.8, 4) is 11.5 Å². The lowest BCUT2D eigenvalue weighted by Gasteiger charge is -2.35. The number of fused-ring (bicyclic) bond motifs is 1. The van der Waals surface area contributed by atoms with Crippen LogP contribution in [-0.4, -0.2) is 63.4 Å². The van der Waals surface area contributed by atoms with Gasteiger partial charge in [-0.05, 0) is 43.5 Å². The van der Waals surface area contributed by atoms with Gasteiger partial charge in [0.2, 0.25) is 0 Å². The molecule has 0 bridgehead atoms. The average Bonchev–Trinajstić information content (AvgIpc) is 3.70. The lowest BCUT2D eigenvalue weighted by atomic mass is 10.0. The van der Waals surface area contributed by atoms with Crippen molar-refractivity contribution >= 4 is 40.1 Å². The Balaban J connectivity index is 1.23. The third-order valence-electron chi connectivity index (χ3n) is 6.90. The molecule has 4 heterocycles. The summed E-state index contributed by atoms with van der Waals surface area (Å²) < 4.78 is 11.1. The van der Waals surface area contributed by atoms with Crippen LogP contribution in [0, 0.1) is 0 Å². The van der Waals surface area contributed by atoms with Gasteiger partial charge in [0.25, 0.3) is 5.91 Å². The van der Waals surface area contributed by atoms with Gasteiger partial charge in [0.1, 0.15) is 29.3 Å². The van der Waals surface area contributed by atoms with Crippen LogP contribution in [0.4, 0.5) is 5.82 Å². The Morgan fingerprint density at radius 1 is 1.11 bits per heavy atom. The number of hydrogen-bond acceptors (Lipinski definition) is 7. The van der Waals surface area contributed by atoms with Crippen molar-refractivity contribution in [3.63, 3.8) is 0 Å². The Labute approximate surface area is 224 Å². The number of H-pyrrole nitrogens is 1. The minimum Gasteiger partial charge on any atom is -0.457 e. The summed E-state index contributed by atoms with van der Waals surface area (Å²) in [7, 11) is 0. The zero-order chi connectivity index (χ0) is 26.1. The number of aromatic amines is 1. The smallest absolute Gasteiger partial charge is 0.254 e. The molecule has 0 spiro atoms. The molecule has 1 amide bonds. The number of carbonyl (C=O) groups is 2. The van der Waals surface area contributed by atoms with Gasteiger partial charge in [0.05, 0.1) is 22.6 Å². The Morgan fingerprint density at radius 3 is 2.74 bits per heavy atom. The SMILES string of the molecule is O=C(c1ccc(Oc2ccccc2)cc1Cl)c1c[nH]c2ncnc(NCC3CCCCN3C(=O)C3CO3)c12. The van der Waals surface area contributed by atoms with Crippen molar-refractivity contribution in [2.45, 2.75) is 31.4 Å². The van der Waals surface area contributed by atoms with E-state index in [1.165, 1.54) is 6.33 Å². The molecule has 2 aromatic carbocycles. The van der Waals surface area contributed by atoms with Gasteiger partial charge in [0, 0.05) is 37.0 Å². The van der Waals surface area contributed by atoms with E-state index in [1.807, 2.05) is 35.2 Å². The van der Waals surface area contributed by atoms with E-state index in [0.29, 0.717) is 52.6 Å². The van der Waals surface area contributed by atoms with Crippen LogP contribution in [0.5, 0.6) is 11.5 Å². The van der Waals surface area contributed by atoms with Gasteiger partial charge < -0.3 is 24.7 Å². The van der Waals surface area contributed by atoms with Gasteiger partial charge in [-0.25, -0.2) is 9.97 Å². The summed E-state index contributed by atoms with van der Waals surface area (Å²) in [6.45, 7) is 1.73. The molecule has 2 fully saturated rings. The molecule has 0 saturated carbocycles. The standard InChI is InChI=1S/C28H26ClN5O4/c29-22-12-19(38-18-7-2-1-3-8-18)9-10-20(22)25(35)21-14-31-27-24(21)26(32-16-33-27)30-13-17-6-4-5-11-34(17)28(36)23-15-37-23/h1-3,7-10,12,14,16-17,23H,4-6,11,13,15H2,(H2,30,31,32,33). The first-order valence-electron chi connectivity index (χ1n) is 12.6. The number of anilines is 1. The van der Waals surface area contributed by atoms with Crippen molar-refractivity contribution < 1.29 is 19.1 Å². The summed E-state index contributed by atoms with van der Waals surface area (Å²) in [6.07, 6.45) is 5.70. The number of likely N-dealkylation sites (tertiary alicyclic amines) is 1. The fourth-order valence-electron chi connectivity index (χ4n) is 4.88. The highest BCUT2D eigenvalue weighted by Gasteiger charge is 2.38. The van der Waals surface area contributed by atoms with Gasteiger partial charge >= 0.3 is 0 Å². The molecule has 2 aromatic heterocycles. The number of benzene rings is 2. The van der Waals surface area contributed by atoms with Crippen molar-refractivity contribution in [1.82, 2.24) is 19.9 Å². The zero-order valence-corrected chi connectivity index (χ0v) is 21.3. The number of hydrogen-bond donors (Lipinski definition) is 2. The first-order valence-corrected chi connectivity index (χ1v) is 13.0. The molecule has 9 nitrogen and oxygen atoms in total. The largest absolute Gasteiger partial charge is 0.457 e. The second-order valence-electron chi connectivity index (χ2n) is 9.42. The fraction of sp³-hybridized carbons (Fsp3) is 0.286. The van der Waals surface area contributed by atoms with Crippen LogP contribution in [0.1, 0.15) is 35.2 Å². The Hall–Kier alpha value is -3.95. The molecular formula is C28H26ClN5O4. The molecule has 10 heteroatoms. The maximum absolute atomic E-state index is 13.6. The number of carbonyl (C=O) groups excluding carboxylic acids is 2. The number of aromatic nitrogens is 3. The maximum atomic E-state index is 13.6. The maximum Gasteiger partial charge on any atom is 0.254 e. The van der Waals surface area contributed by atoms with Crippen LogP contribution < -0.4 is 10.1 Å². The van der Waals surface area contributed by atoms with E-state index in [-0.39, 0.29) is 28.9 Å². The van der Waals surface area contributed by atoms with E-state index in [1.54, 1.807) is 24.4 Å². The minimum atomic E-state index is -0.301. The molecule has 2 unspecified atom stereocenters. The van der Waals surface area contributed by atoms with E-state index >= 15 is 0 Å². The number of para-hydroxylation sites is 1. The van der Waals surface area contributed by atoms with Gasteiger partial charge in [-0.3, -0.25) is 9.59 Å². The Kier molecular flexibility index (Phi) is 6.70. The van der Waals surface area contributed by atoms with Gasteiger partial charge in [-0.2, -0.15) is 0 Å². The lowest BCUT2D eigenvalue weighted by Crippen LogP contribution is -2.48. The summed E-state index contributed by atoms with van der Waals surface area (Å²) in [5, 5.41) is 4.24. The third-order valence-corrected chi connectivity index (χ3v) is 7.22. The second-order valence-corrected chi connectivity index (χ2v) is 9.83. The number of nitrogens with one attached hydrogen (secondary N) is 2. The predicted octanol–water partition coefficient (Wildman–Crippen LogP) is 4.83. The van der Waals surface area contributed by atoms with E-state index in [9.17, 15) is 9.59 Å². The van der Waals surface area contributed by atoms with Crippen molar-refractivity contribution in [1.29, 1.82) is 0 Å². The number of rotatable bonds is 8. The van der Waals surface area contributed by atoms with E-state index in [2.05, 4.69) is 20.3 Å². The molecular weight excluding hydrogens is 506 g/mol. The van der Waals surface area contributed by atoms with Crippen LogP contribution in [0.25, 0.3) is 11.0 Å². The fourth-order valence-corrected chi connectivity index (χ4v) is 5.14. The summed E-state index contributed by atoms with van der Waals surface area (Å²) in [4.78, 5) is 40.0. The molecule has 2 N–H and O–H groups in total. The number of ether oxygens (including phenoxy) is 2. The Morgan fingerprint density at radius 2 is 1.95 bits per heavy atom. The predicted molar refractivity (Wildman–Crippen MR) is 143 cm³/mol. The molecule has 0 radical (unpaired) electrons. The summed E-state index contributed by atoms with van der Waals surface area (Å²) in [6, 6.07) is 14.4. The number of nitrogens with zero attached hydrogens (tertiary/aromatic N) is 3. The topological polar surface area (TPSA) is 113 Å². The summed E-state index contributed by atoms with van der Waals surface area (Å²) in [5.74, 6) is 1.53. The number of halogens is 1. The number of epoxide rings is 1. The average molecular weight is 532 g/mol. The van der Waals surface area contributed by atoms with E-state index in [4.69, 9.17) is 21.1 Å². The highest BCUT2D eigenvalue weighted by Crippen LogP contribution is 2.31. The van der Waals surface area contributed by atoms with Crippen LogP contribution in [0.15, 0.2) is 61.1 Å². The molecule has 38 heavy (non-hydrogen) atoms. The number of amides is 1. The van der Waals surface area contributed by atoms with Gasteiger partial charge in [-0.15, -0.1) is 0 Å². The molecule has 2 aliphatic rings. The zero-order valence-electron chi connectivity index (χ0n) is 20.5. The van der Waals surface area contributed by atoms with E-state index < -0.39 is 0 Å². The first-order chi connectivity index (χ1) is 18.6. The normalized spacial score (nSPS) is 18.8. The first kappa shape index (κ1) is 24.4. The second kappa shape index (κ2) is 10.4. The van der Waals surface area contributed by atoms with Crippen molar-refractivity contribution in [3.05, 3.63) is 77.2 Å². The van der Waals surface area contributed by atoms with Gasteiger partial charge in [-0.1, -0.05) is 29.8 Å². The Bertz CT molecular complexity index is 1490. The molecule has 2 saturated heterocycles. The van der Waals surface area contributed by atoms with Crippen LogP contribution in [-0.2, 0) is 9.53 Å². The molecule has 194 valence electrons. The third kappa shape index (κ3) is 4.94. The van der Waals surface area contributed by atoms with Crippen LogP contribution >= 0.6 is 11.6 Å². The number of piperidine rings is 1. The van der Waals surface area contributed by atoms with Gasteiger partial charge in [0.15, 0.2) is 11.9 Å². The summed E-state index contributed by atoms with van der Waals surface area (Å²) in [5.41, 5.74) is 1.29. The quantitative estimate of drug-likeness (QED) is 0.247. The highest BCUT2D eigenvalue weighted by atomic mass is 35.5.